The molecule has 0 fully saturated rings. The predicted octanol–water partition coefficient (Wildman–Crippen LogP) is 3.09. The molecule has 0 radical (unpaired) electrons. The summed E-state index contributed by atoms with van der Waals surface area (Å²) >= 11 is 11.4. The molecule has 0 aliphatic heterocycles. The van der Waals surface area contributed by atoms with Gasteiger partial charge in [0, 0.05) is 16.1 Å². The molecule has 0 aliphatic carbocycles. The first-order valence-electron chi connectivity index (χ1n) is 3.45. The van der Waals surface area contributed by atoms with E-state index in [0.29, 0.717) is 15.6 Å². The second kappa shape index (κ2) is 4.30. The normalized spacial score (nSPS) is 10.6. The molecule has 2 nitrogen and oxygen atoms in total. The van der Waals surface area contributed by atoms with Gasteiger partial charge in [0.25, 0.3) is 0 Å². The van der Waals surface area contributed by atoms with Crippen molar-refractivity contribution in [3.8, 4) is 0 Å². The Balaban J connectivity index is 2.96. The first kappa shape index (κ1) is 10.1. The molecule has 0 atom stereocenters. The van der Waals surface area contributed by atoms with E-state index in [2.05, 4.69) is 0 Å². The number of hydrogen-bond donors (Lipinski definition) is 1. The van der Waals surface area contributed by atoms with Crippen LogP contribution in [0, 0.1) is 0 Å². The highest BCUT2D eigenvalue weighted by molar-refractivity contribution is 6.35. The van der Waals surface area contributed by atoms with E-state index < -0.39 is 5.97 Å². The average molecular weight is 217 g/mol. The van der Waals surface area contributed by atoms with Crippen molar-refractivity contribution in [3.63, 3.8) is 0 Å². The molecule has 4 heteroatoms. The van der Waals surface area contributed by atoms with Crippen LogP contribution >= 0.6 is 23.2 Å². The van der Waals surface area contributed by atoms with Crippen molar-refractivity contribution < 1.29 is 9.90 Å². The Morgan fingerprint density at radius 1 is 1.38 bits per heavy atom. The zero-order chi connectivity index (χ0) is 9.84. The summed E-state index contributed by atoms with van der Waals surface area (Å²) < 4.78 is 0. The third-order valence-corrected chi connectivity index (χ3v) is 1.93. The van der Waals surface area contributed by atoms with Crippen molar-refractivity contribution in [3.05, 3.63) is 39.9 Å². The van der Waals surface area contributed by atoms with Gasteiger partial charge in [-0.1, -0.05) is 29.3 Å². The largest absolute Gasteiger partial charge is 0.478 e. The molecule has 0 saturated heterocycles. The summed E-state index contributed by atoms with van der Waals surface area (Å²) in [4.78, 5) is 10.2. The molecule has 0 spiro atoms. The van der Waals surface area contributed by atoms with Crippen LogP contribution in [0.15, 0.2) is 24.3 Å². The number of rotatable bonds is 2. The lowest BCUT2D eigenvalue weighted by Crippen LogP contribution is -1.85. The fraction of sp³-hybridized carbons (Fsp3) is 0. The van der Waals surface area contributed by atoms with E-state index in [-0.39, 0.29) is 0 Å². The maximum atomic E-state index is 10.2. The van der Waals surface area contributed by atoms with E-state index in [4.69, 9.17) is 28.3 Å². The Hall–Kier alpha value is -0.990. The Bertz CT molecular complexity index is 359. The number of halogens is 2. The maximum absolute atomic E-state index is 10.2. The zero-order valence-corrected chi connectivity index (χ0v) is 8.01. The first-order valence-corrected chi connectivity index (χ1v) is 4.21. The Labute approximate surface area is 85.4 Å². The molecule has 0 bridgehead atoms. The maximum Gasteiger partial charge on any atom is 0.328 e. The quantitative estimate of drug-likeness (QED) is 0.772. The molecular weight excluding hydrogens is 211 g/mol. The van der Waals surface area contributed by atoms with Gasteiger partial charge in [-0.3, -0.25) is 0 Å². The van der Waals surface area contributed by atoms with Crippen molar-refractivity contribution in [2.45, 2.75) is 0 Å². The minimum Gasteiger partial charge on any atom is -0.478 e. The number of hydrogen-bond acceptors (Lipinski definition) is 1. The van der Waals surface area contributed by atoms with E-state index in [0.717, 1.165) is 6.08 Å². The van der Waals surface area contributed by atoms with Gasteiger partial charge in [0.15, 0.2) is 0 Å². The first-order chi connectivity index (χ1) is 6.09. The number of benzene rings is 1. The molecule has 1 aromatic carbocycles. The lowest BCUT2D eigenvalue weighted by molar-refractivity contribution is -0.131. The van der Waals surface area contributed by atoms with E-state index in [9.17, 15) is 4.79 Å². The number of aliphatic carboxylic acids is 1. The van der Waals surface area contributed by atoms with Crippen LogP contribution < -0.4 is 0 Å². The smallest absolute Gasteiger partial charge is 0.328 e. The third-order valence-electron chi connectivity index (χ3n) is 1.37. The fourth-order valence-electron chi connectivity index (χ4n) is 0.798. The molecule has 68 valence electrons. The van der Waals surface area contributed by atoms with Gasteiger partial charge in [0.1, 0.15) is 0 Å². The molecular formula is C9H6Cl2O2. The van der Waals surface area contributed by atoms with E-state index in [1.54, 1.807) is 18.2 Å². The van der Waals surface area contributed by atoms with Crippen molar-refractivity contribution in [2.24, 2.45) is 0 Å². The molecule has 0 unspecified atom stereocenters. The highest BCUT2D eigenvalue weighted by Gasteiger charge is 1.97. The highest BCUT2D eigenvalue weighted by Crippen LogP contribution is 2.21. The van der Waals surface area contributed by atoms with Gasteiger partial charge in [0.2, 0.25) is 0 Å². The van der Waals surface area contributed by atoms with Gasteiger partial charge in [-0.05, 0) is 23.8 Å². The van der Waals surface area contributed by atoms with Crippen LogP contribution in [0.1, 0.15) is 5.56 Å². The predicted molar refractivity (Wildman–Crippen MR) is 53.1 cm³/mol. The second-order valence-corrected chi connectivity index (χ2v) is 3.18. The second-order valence-electron chi connectivity index (χ2n) is 2.34. The van der Waals surface area contributed by atoms with Crippen LogP contribution in [0.2, 0.25) is 10.0 Å². The summed E-state index contributed by atoms with van der Waals surface area (Å²) in [6.45, 7) is 0. The summed E-state index contributed by atoms with van der Waals surface area (Å²) in [5.74, 6) is -1.01. The molecule has 1 rings (SSSR count). The van der Waals surface area contributed by atoms with Crippen molar-refractivity contribution in [1.29, 1.82) is 0 Å². The lowest BCUT2D eigenvalue weighted by Gasteiger charge is -1.97. The van der Waals surface area contributed by atoms with Gasteiger partial charge in [-0.25, -0.2) is 4.79 Å². The topological polar surface area (TPSA) is 37.3 Å². The number of carbonyl (C=O) groups is 1. The van der Waals surface area contributed by atoms with Crippen molar-refractivity contribution in [2.75, 3.05) is 0 Å². The molecule has 0 heterocycles. The van der Waals surface area contributed by atoms with Gasteiger partial charge < -0.3 is 5.11 Å². The summed E-state index contributed by atoms with van der Waals surface area (Å²) in [7, 11) is 0. The van der Waals surface area contributed by atoms with Crippen molar-refractivity contribution in [1.82, 2.24) is 0 Å². The van der Waals surface area contributed by atoms with Gasteiger partial charge >= 0.3 is 5.97 Å². The van der Waals surface area contributed by atoms with E-state index in [1.807, 2.05) is 0 Å². The summed E-state index contributed by atoms with van der Waals surface area (Å²) in [5.41, 5.74) is 0.633. The molecule has 0 amide bonds. The van der Waals surface area contributed by atoms with E-state index >= 15 is 0 Å². The zero-order valence-electron chi connectivity index (χ0n) is 6.50. The summed E-state index contributed by atoms with van der Waals surface area (Å²) in [6, 6.07) is 4.86. The highest BCUT2D eigenvalue weighted by atomic mass is 35.5. The Morgan fingerprint density at radius 3 is 2.62 bits per heavy atom. The van der Waals surface area contributed by atoms with E-state index in [1.165, 1.54) is 6.08 Å². The van der Waals surface area contributed by atoms with Crippen LogP contribution in [0.4, 0.5) is 0 Å². The standard InChI is InChI=1S/C9H6Cl2O2/c10-7-3-1-6(8(11)5-7)2-4-9(12)13/h1-5H,(H,12,13)/b4-2-. The average Bonchev–Trinajstić information content (AvgIpc) is 2.02. The number of carboxylic acid groups (broad SMARTS) is 1. The summed E-state index contributed by atoms with van der Waals surface area (Å²) in [5, 5.41) is 9.32. The van der Waals surface area contributed by atoms with Crippen LogP contribution in [0.5, 0.6) is 0 Å². The van der Waals surface area contributed by atoms with Crippen LogP contribution in [-0.4, -0.2) is 11.1 Å². The Kier molecular flexibility index (Phi) is 3.34. The van der Waals surface area contributed by atoms with Gasteiger partial charge in [-0.2, -0.15) is 0 Å². The number of carboxylic acids is 1. The van der Waals surface area contributed by atoms with Gasteiger partial charge in [0.05, 0.1) is 0 Å². The molecule has 1 N–H and O–H groups in total. The Morgan fingerprint density at radius 2 is 2.08 bits per heavy atom. The third kappa shape index (κ3) is 3.09. The van der Waals surface area contributed by atoms with Crippen molar-refractivity contribution >= 4 is 35.2 Å². The lowest BCUT2D eigenvalue weighted by atomic mass is 10.2. The van der Waals surface area contributed by atoms with Gasteiger partial charge in [-0.15, -0.1) is 0 Å². The minimum absolute atomic E-state index is 0.435. The molecule has 0 saturated carbocycles. The summed E-state index contributed by atoms with van der Waals surface area (Å²) in [6.07, 6.45) is 2.44. The molecule has 0 aliphatic rings. The molecule has 0 aromatic heterocycles. The SMILES string of the molecule is O=C(O)/C=C\c1ccc(Cl)cc1Cl. The van der Waals surface area contributed by atoms with Crippen LogP contribution in [-0.2, 0) is 4.79 Å². The van der Waals surface area contributed by atoms with Crippen LogP contribution in [0.25, 0.3) is 6.08 Å². The van der Waals surface area contributed by atoms with Crippen LogP contribution in [0.3, 0.4) is 0 Å². The minimum atomic E-state index is -1.01. The fourth-order valence-corrected chi connectivity index (χ4v) is 1.27. The monoisotopic (exact) mass is 216 g/mol. The molecule has 13 heavy (non-hydrogen) atoms. The molecule has 1 aromatic rings.